The van der Waals surface area contributed by atoms with Gasteiger partial charge in [0.1, 0.15) is 0 Å². The smallest absolute Gasteiger partial charge is 0.0273 e. The van der Waals surface area contributed by atoms with Crippen LogP contribution in [0.3, 0.4) is 0 Å². The molecule has 0 aliphatic rings. The molecule has 0 aromatic rings. The maximum Gasteiger partial charge on any atom is 0.0273 e. The van der Waals surface area contributed by atoms with Crippen LogP contribution in [-0.4, -0.2) is 13.3 Å². The number of nitrogens with zero attached hydrogens (tertiary/aromatic N) is 1. The zero-order valence-electron chi connectivity index (χ0n) is 8.26. The van der Waals surface area contributed by atoms with Crippen molar-refractivity contribution in [3.8, 4) is 0 Å². The van der Waals surface area contributed by atoms with Crippen LogP contribution in [0.4, 0.5) is 0 Å². The summed E-state index contributed by atoms with van der Waals surface area (Å²) in [6, 6.07) is 0. The van der Waals surface area contributed by atoms with Gasteiger partial charge >= 0.3 is 0 Å². The van der Waals surface area contributed by atoms with Gasteiger partial charge in [-0.25, -0.2) is 0 Å². The van der Waals surface area contributed by atoms with Gasteiger partial charge in [0.25, 0.3) is 0 Å². The molecule has 0 radical (unpaired) electrons. The lowest BCUT2D eigenvalue weighted by Crippen LogP contribution is -1.80. The van der Waals surface area contributed by atoms with E-state index in [4.69, 9.17) is 0 Å². The van der Waals surface area contributed by atoms with E-state index in [1.807, 2.05) is 19.3 Å². The second-order valence-electron chi connectivity index (χ2n) is 3.07. The SMILES string of the molecule is C=CCCCCCCCC=NC. The fourth-order valence-corrected chi connectivity index (χ4v) is 1.18. The molecule has 0 fully saturated rings. The van der Waals surface area contributed by atoms with Gasteiger partial charge in [-0.3, -0.25) is 0 Å². The highest BCUT2D eigenvalue weighted by molar-refractivity contribution is 5.56. The molecule has 0 N–H and O–H groups in total. The Kier molecular flexibility index (Phi) is 9.90. The van der Waals surface area contributed by atoms with Crippen molar-refractivity contribution in [2.24, 2.45) is 4.99 Å². The Labute approximate surface area is 76.6 Å². The molecule has 0 aliphatic heterocycles. The van der Waals surface area contributed by atoms with Gasteiger partial charge in [0, 0.05) is 7.05 Å². The van der Waals surface area contributed by atoms with E-state index in [-0.39, 0.29) is 0 Å². The second kappa shape index (κ2) is 10.4. The Morgan fingerprint density at radius 3 is 2.17 bits per heavy atom. The molecule has 70 valence electrons. The topological polar surface area (TPSA) is 12.4 Å². The van der Waals surface area contributed by atoms with Gasteiger partial charge in [0.2, 0.25) is 0 Å². The normalized spacial score (nSPS) is 10.8. The highest BCUT2D eigenvalue weighted by atomic mass is 14.6. The van der Waals surface area contributed by atoms with Gasteiger partial charge in [-0.2, -0.15) is 0 Å². The monoisotopic (exact) mass is 167 g/mol. The largest absolute Gasteiger partial charge is 0.301 e. The quantitative estimate of drug-likeness (QED) is 0.297. The van der Waals surface area contributed by atoms with Crippen LogP contribution in [0.2, 0.25) is 0 Å². The summed E-state index contributed by atoms with van der Waals surface area (Å²) < 4.78 is 0. The number of allylic oxidation sites excluding steroid dienone is 1. The summed E-state index contributed by atoms with van der Waals surface area (Å²) in [5, 5.41) is 0. The first-order valence-electron chi connectivity index (χ1n) is 4.93. The molecule has 0 bridgehead atoms. The Bertz CT molecular complexity index is 116. The van der Waals surface area contributed by atoms with Crippen molar-refractivity contribution in [2.75, 3.05) is 7.05 Å². The number of aliphatic imine (C=N–C) groups is 1. The second-order valence-corrected chi connectivity index (χ2v) is 3.07. The van der Waals surface area contributed by atoms with Crippen molar-refractivity contribution < 1.29 is 0 Å². The number of unbranched alkanes of at least 4 members (excludes halogenated alkanes) is 6. The molecule has 0 aromatic carbocycles. The van der Waals surface area contributed by atoms with Gasteiger partial charge in [-0.05, 0) is 31.9 Å². The fourth-order valence-electron chi connectivity index (χ4n) is 1.18. The van der Waals surface area contributed by atoms with E-state index in [1.165, 1.54) is 38.5 Å². The van der Waals surface area contributed by atoms with E-state index in [0.29, 0.717) is 0 Å². The molecular formula is C11H21N. The Balaban J connectivity index is 2.86. The lowest BCUT2D eigenvalue weighted by Gasteiger charge is -1.97. The van der Waals surface area contributed by atoms with Gasteiger partial charge < -0.3 is 4.99 Å². The first-order valence-corrected chi connectivity index (χ1v) is 4.93. The van der Waals surface area contributed by atoms with Crippen LogP contribution >= 0.6 is 0 Å². The summed E-state index contributed by atoms with van der Waals surface area (Å²) in [4.78, 5) is 3.94. The van der Waals surface area contributed by atoms with Crippen molar-refractivity contribution in [3.05, 3.63) is 12.7 Å². The molecule has 12 heavy (non-hydrogen) atoms. The Morgan fingerprint density at radius 1 is 1.00 bits per heavy atom. The van der Waals surface area contributed by atoms with E-state index in [9.17, 15) is 0 Å². The lowest BCUT2D eigenvalue weighted by molar-refractivity contribution is 0.628. The maximum absolute atomic E-state index is 3.94. The molecular weight excluding hydrogens is 146 g/mol. The summed E-state index contributed by atoms with van der Waals surface area (Å²) in [6.07, 6.45) is 13.0. The Morgan fingerprint density at radius 2 is 1.58 bits per heavy atom. The predicted octanol–water partition coefficient (Wildman–Crippen LogP) is 3.60. The van der Waals surface area contributed by atoms with Crippen molar-refractivity contribution in [2.45, 2.75) is 44.9 Å². The van der Waals surface area contributed by atoms with Crippen LogP contribution in [0.1, 0.15) is 44.9 Å². The molecule has 0 amide bonds. The summed E-state index contributed by atoms with van der Waals surface area (Å²) in [6.45, 7) is 3.70. The standard InChI is InChI=1S/C11H21N/c1-3-4-5-6-7-8-9-10-11-12-2/h3,11H,1,4-10H2,2H3. The van der Waals surface area contributed by atoms with Gasteiger partial charge in [-0.15, -0.1) is 6.58 Å². The van der Waals surface area contributed by atoms with Crippen LogP contribution in [0.15, 0.2) is 17.6 Å². The van der Waals surface area contributed by atoms with Crippen molar-refractivity contribution in [1.29, 1.82) is 0 Å². The average molecular weight is 167 g/mol. The summed E-state index contributed by atoms with van der Waals surface area (Å²) >= 11 is 0. The molecule has 0 spiro atoms. The first kappa shape index (κ1) is 11.4. The van der Waals surface area contributed by atoms with Crippen LogP contribution < -0.4 is 0 Å². The highest BCUT2D eigenvalue weighted by Gasteiger charge is 1.87. The number of hydrogen-bond donors (Lipinski definition) is 0. The summed E-state index contributed by atoms with van der Waals surface area (Å²) in [5.74, 6) is 0. The molecule has 0 unspecified atom stereocenters. The maximum atomic E-state index is 3.94. The lowest BCUT2D eigenvalue weighted by atomic mass is 10.1. The van der Waals surface area contributed by atoms with Crippen LogP contribution in [0, 0.1) is 0 Å². The molecule has 1 nitrogen and oxygen atoms in total. The minimum absolute atomic E-state index is 1.15. The van der Waals surface area contributed by atoms with E-state index in [1.54, 1.807) is 0 Å². The predicted molar refractivity (Wildman–Crippen MR) is 56.9 cm³/mol. The zero-order chi connectivity index (χ0) is 9.07. The molecule has 1 heteroatoms. The van der Waals surface area contributed by atoms with Crippen LogP contribution in [0.5, 0.6) is 0 Å². The minimum atomic E-state index is 1.15. The highest BCUT2D eigenvalue weighted by Crippen LogP contribution is 2.06. The van der Waals surface area contributed by atoms with E-state index in [0.717, 1.165) is 6.42 Å². The van der Waals surface area contributed by atoms with Gasteiger partial charge in [0.15, 0.2) is 0 Å². The minimum Gasteiger partial charge on any atom is -0.301 e. The van der Waals surface area contributed by atoms with E-state index < -0.39 is 0 Å². The fraction of sp³-hybridized carbons (Fsp3) is 0.727. The average Bonchev–Trinajstić information content (AvgIpc) is 2.10. The zero-order valence-corrected chi connectivity index (χ0v) is 8.26. The molecule has 0 heterocycles. The van der Waals surface area contributed by atoms with E-state index in [2.05, 4.69) is 11.6 Å². The molecule has 0 atom stereocenters. The molecule has 0 saturated carbocycles. The summed E-state index contributed by atoms with van der Waals surface area (Å²) in [5.41, 5.74) is 0. The van der Waals surface area contributed by atoms with Crippen molar-refractivity contribution >= 4 is 6.21 Å². The van der Waals surface area contributed by atoms with Crippen molar-refractivity contribution in [3.63, 3.8) is 0 Å². The molecule has 0 saturated heterocycles. The van der Waals surface area contributed by atoms with Crippen molar-refractivity contribution in [1.82, 2.24) is 0 Å². The molecule has 0 aliphatic carbocycles. The van der Waals surface area contributed by atoms with Gasteiger partial charge in [0.05, 0.1) is 0 Å². The molecule has 0 aromatic heterocycles. The molecule has 0 rings (SSSR count). The first-order chi connectivity index (χ1) is 5.91. The van der Waals surface area contributed by atoms with Crippen LogP contribution in [0.25, 0.3) is 0 Å². The summed E-state index contributed by atoms with van der Waals surface area (Å²) in [7, 11) is 1.84. The number of hydrogen-bond acceptors (Lipinski definition) is 1. The van der Waals surface area contributed by atoms with Crippen LogP contribution in [-0.2, 0) is 0 Å². The van der Waals surface area contributed by atoms with Gasteiger partial charge in [-0.1, -0.05) is 25.3 Å². The number of rotatable bonds is 8. The Hall–Kier alpha value is -0.590. The van der Waals surface area contributed by atoms with E-state index >= 15 is 0 Å². The third-order valence-electron chi connectivity index (χ3n) is 1.92. The third kappa shape index (κ3) is 9.41. The third-order valence-corrected chi connectivity index (χ3v) is 1.92.